The molecule has 4 N–H and O–H groups in total. The van der Waals surface area contributed by atoms with E-state index in [9.17, 15) is 43.5 Å². The van der Waals surface area contributed by atoms with E-state index in [1.54, 1.807) is 0 Å². The number of aliphatic hydroxyl groups is 2. The molecule has 18 heteroatoms. The van der Waals surface area contributed by atoms with Gasteiger partial charge in [-0.3, -0.25) is 32.5 Å². The van der Waals surface area contributed by atoms with Gasteiger partial charge in [0, 0.05) is 19.3 Å². The average molecular weight is 1510 g/mol. The number of unbranched alkanes of at least 4 members (excludes halogenated alkanes) is 21. The first-order valence-electron chi connectivity index (χ1n) is 40.1. The quantitative estimate of drug-likeness (QED) is 0.0146. The van der Waals surface area contributed by atoms with Crippen LogP contribution in [0.5, 0.6) is 0 Å². The Morgan fingerprint density at radius 2 is 0.486 bits per heavy atom. The molecular formula is C87H142O16P2. The molecule has 0 amide bonds. The second-order valence-electron chi connectivity index (χ2n) is 26.1. The Kier molecular flexibility index (Phi) is 74.3. The first kappa shape index (κ1) is 99.7. The number of allylic oxidation sites excluding steroid dienone is 30. The molecule has 596 valence electrons. The van der Waals surface area contributed by atoms with Crippen molar-refractivity contribution in [3.8, 4) is 0 Å². The highest BCUT2D eigenvalue weighted by Gasteiger charge is 2.29. The SMILES string of the molecule is CC/C=C\C/C=C\C/C=C\C/C=C\C/C=C\CCCCCCCCCCCCCC(=O)OCC(O)COP(=O)(O)OCC(O)COP(=O)(O)OCC(COC(=O)CCCCCCCCCCC/C=C\C/C=C\C/C=C\C/C=C\C/C=C\CC)OC(=O)CCC/C=C\C/C=C\C/C=C\C/C=C\C/C=C\CC. The molecule has 0 radical (unpaired) electrons. The van der Waals surface area contributed by atoms with Gasteiger partial charge in [-0.25, -0.2) is 9.13 Å². The second kappa shape index (κ2) is 78.2. The molecule has 0 aromatic carbocycles. The van der Waals surface area contributed by atoms with Crippen molar-refractivity contribution >= 4 is 33.6 Å². The number of rotatable bonds is 74. The van der Waals surface area contributed by atoms with Crippen molar-refractivity contribution in [3.63, 3.8) is 0 Å². The lowest BCUT2D eigenvalue weighted by Gasteiger charge is -2.21. The molecule has 16 nitrogen and oxygen atoms in total. The summed E-state index contributed by atoms with van der Waals surface area (Å²) >= 11 is 0. The first-order valence-corrected chi connectivity index (χ1v) is 43.1. The van der Waals surface area contributed by atoms with E-state index in [2.05, 4.69) is 191 Å². The molecule has 0 aliphatic rings. The molecule has 0 fully saturated rings. The molecule has 5 unspecified atom stereocenters. The van der Waals surface area contributed by atoms with Gasteiger partial charge in [-0.15, -0.1) is 0 Å². The fourth-order valence-electron chi connectivity index (χ4n) is 10.1. The van der Waals surface area contributed by atoms with Gasteiger partial charge < -0.3 is 34.2 Å². The highest BCUT2D eigenvalue weighted by Crippen LogP contribution is 2.45. The lowest BCUT2D eigenvalue weighted by Crippen LogP contribution is -2.30. The smallest absolute Gasteiger partial charge is 0.463 e. The summed E-state index contributed by atoms with van der Waals surface area (Å²) < 4.78 is 61.1. The molecule has 0 rings (SSSR count). The summed E-state index contributed by atoms with van der Waals surface area (Å²) in [6.45, 7) is 2.25. The molecule has 0 aliphatic heterocycles. The van der Waals surface area contributed by atoms with Gasteiger partial charge in [-0.1, -0.05) is 306 Å². The minimum atomic E-state index is -4.96. The third-order valence-electron chi connectivity index (χ3n) is 16.1. The third kappa shape index (κ3) is 79.5. The van der Waals surface area contributed by atoms with Crippen LogP contribution in [0.4, 0.5) is 0 Å². The van der Waals surface area contributed by atoms with E-state index in [-0.39, 0.29) is 19.3 Å². The maximum absolute atomic E-state index is 13.0. The normalized spacial score (nSPS) is 14.9. The van der Waals surface area contributed by atoms with Crippen LogP contribution in [0.25, 0.3) is 0 Å². The van der Waals surface area contributed by atoms with Crippen molar-refractivity contribution in [2.75, 3.05) is 39.6 Å². The minimum absolute atomic E-state index is 0.0185. The van der Waals surface area contributed by atoms with Gasteiger partial charge in [0.1, 0.15) is 25.4 Å². The van der Waals surface area contributed by atoms with Crippen LogP contribution in [-0.4, -0.2) is 95.9 Å². The Morgan fingerprint density at radius 3 is 0.781 bits per heavy atom. The van der Waals surface area contributed by atoms with Crippen molar-refractivity contribution < 1.29 is 75.8 Å². The van der Waals surface area contributed by atoms with Gasteiger partial charge in [-0.05, 0) is 148 Å². The molecular weight excluding hydrogens is 1360 g/mol. The summed E-state index contributed by atoms with van der Waals surface area (Å²) in [6, 6.07) is 0. The van der Waals surface area contributed by atoms with Crippen LogP contribution in [-0.2, 0) is 55.8 Å². The predicted octanol–water partition coefficient (Wildman–Crippen LogP) is 23.8. The molecule has 0 bridgehead atoms. The lowest BCUT2D eigenvalue weighted by molar-refractivity contribution is -0.161. The fourth-order valence-corrected chi connectivity index (χ4v) is 11.7. The van der Waals surface area contributed by atoms with Crippen LogP contribution in [0.15, 0.2) is 182 Å². The summed E-state index contributed by atoms with van der Waals surface area (Å²) in [5, 5.41) is 20.7. The van der Waals surface area contributed by atoms with E-state index >= 15 is 0 Å². The highest BCUT2D eigenvalue weighted by molar-refractivity contribution is 7.47. The van der Waals surface area contributed by atoms with Gasteiger partial charge >= 0.3 is 33.6 Å². The van der Waals surface area contributed by atoms with E-state index in [1.165, 1.54) is 64.2 Å². The zero-order chi connectivity index (χ0) is 76.6. The molecule has 0 saturated carbocycles. The topological polar surface area (TPSA) is 231 Å². The van der Waals surface area contributed by atoms with E-state index < -0.39 is 91.5 Å². The molecule has 105 heavy (non-hydrogen) atoms. The molecule has 0 saturated heterocycles. The standard InChI is InChI=1S/C87H142O16P2/c1-4-7-10-13-16-19-22-25-28-31-33-35-37-39-40-42-44-45-47-50-52-55-58-61-64-67-70-73-85(90)97-76-82(88)77-99-104(93,94)100-78-83(89)79-101-105(95,96)102-81-84(103-87(92)75-72-69-66-63-60-57-54-49-30-27-24-21-18-15-12-9-6-3)80-98-86(91)74-71-68-65-62-59-56-53-51-48-46-43-41-38-36-34-32-29-26-23-20-17-14-11-8-5-2/h7-12,16-21,25-30,33-36,39-41,43,54,57,63,66,82-84,88-89H,4-6,13-15,22-24,31-32,37-38,42,44-53,55-56,58-62,64-65,67-81H2,1-3H3,(H,93,94)(H,95,96)/b10-7-,11-8-,12-9-,19-16-,20-17-,21-18-,28-25-,29-26-,30-27-,35-33-,36-34-,40-39-,43-41-,57-54-,66-63-. The van der Waals surface area contributed by atoms with Crippen molar-refractivity contribution in [3.05, 3.63) is 182 Å². The predicted molar refractivity (Wildman–Crippen MR) is 435 cm³/mol. The van der Waals surface area contributed by atoms with E-state index in [4.69, 9.17) is 32.3 Å². The molecule has 0 spiro atoms. The van der Waals surface area contributed by atoms with Gasteiger partial charge in [-0.2, -0.15) is 0 Å². The molecule has 5 atom stereocenters. The zero-order valence-corrected chi connectivity index (χ0v) is 66.9. The number of carbonyl (C=O) groups is 3. The second-order valence-corrected chi connectivity index (χ2v) is 29.0. The number of carbonyl (C=O) groups excluding carboxylic acids is 3. The Balaban J connectivity index is 4.65. The molecule has 0 aromatic heterocycles. The van der Waals surface area contributed by atoms with Crippen molar-refractivity contribution in [1.29, 1.82) is 0 Å². The van der Waals surface area contributed by atoms with Crippen LogP contribution in [0.3, 0.4) is 0 Å². The van der Waals surface area contributed by atoms with Gasteiger partial charge in [0.15, 0.2) is 6.10 Å². The summed E-state index contributed by atoms with van der Waals surface area (Å²) in [5.41, 5.74) is 0. The van der Waals surface area contributed by atoms with Crippen molar-refractivity contribution in [2.45, 2.75) is 309 Å². The maximum atomic E-state index is 13.0. The number of hydrogen-bond donors (Lipinski definition) is 4. The number of hydrogen-bond acceptors (Lipinski definition) is 14. The monoisotopic (exact) mass is 1500 g/mol. The van der Waals surface area contributed by atoms with Crippen LogP contribution >= 0.6 is 15.6 Å². The van der Waals surface area contributed by atoms with Gasteiger partial charge in [0.25, 0.3) is 0 Å². The summed E-state index contributed by atoms with van der Waals surface area (Å²) in [5.74, 6) is -1.66. The van der Waals surface area contributed by atoms with E-state index in [0.717, 1.165) is 161 Å². The number of ether oxygens (including phenoxy) is 3. The number of esters is 3. The highest BCUT2D eigenvalue weighted by atomic mass is 31.2. The Hall–Kier alpha value is -5.35. The van der Waals surface area contributed by atoms with Crippen molar-refractivity contribution in [2.24, 2.45) is 0 Å². The van der Waals surface area contributed by atoms with Crippen LogP contribution in [0.1, 0.15) is 290 Å². The Labute approximate surface area is 636 Å². The van der Waals surface area contributed by atoms with Gasteiger partial charge in [0.2, 0.25) is 0 Å². The number of aliphatic hydroxyl groups excluding tert-OH is 2. The summed E-state index contributed by atoms with van der Waals surface area (Å²) in [6.07, 6.45) is 101. The Morgan fingerprint density at radius 1 is 0.267 bits per heavy atom. The average Bonchev–Trinajstić information content (AvgIpc) is 0.911. The summed E-state index contributed by atoms with van der Waals surface area (Å²) in [4.78, 5) is 58.7. The molecule has 0 aromatic rings. The summed E-state index contributed by atoms with van der Waals surface area (Å²) in [7, 11) is -9.83. The van der Waals surface area contributed by atoms with Gasteiger partial charge in [0.05, 0.1) is 26.4 Å². The number of phosphoric ester groups is 2. The molecule has 0 aliphatic carbocycles. The largest absolute Gasteiger partial charge is 0.472 e. The van der Waals surface area contributed by atoms with E-state index in [1.807, 2.05) is 12.2 Å². The maximum Gasteiger partial charge on any atom is 0.472 e. The van der Waals surface area contributed by atoms with Crippen LogP contribution in [0.2, 0.25) is 0 Å². The third-order valence-corrected chi connectivity index (χ3v) is 18.0. The lowest BCUT2D eigenvalue weighted by atomic mass is 10.0. The fraction of sp³-hybridized carbons (Fsp3) is 0.621. The van der Waals surface area contributed by atoms with Crippen molar-refractivity contribution in [1.82, 2.24) is 0 Å². The Bertz CT molecular complexity index is 2640. The minimum Gasteiger partial charge on any atom is -0.463 e. The van der Waals surface area contributed by atoms with Crippen LogP contribution < -0.4 is 0 Å². The van der Waals surface area contributed by atoms with E-state index in [0.29, 0.717) is 25.7 Å². The van der Waals surface area contributed by atoms with Crippen LogP contribution in [0, 0.1) is 0 Å². The molecule has 0 heterocycles. The first-order chi connectivity index (χ1) is 51.2. The zero-order valence-electron chi connectivity index (χ0n) is 65.1. The number of phosphoric acid groups is 2.